The Morgan fingerprint density at radius 2 is 2.05 bits per heavy atom. The second-order valence-electron chi connectivity index (χ2n) is 6.18. The highest BCUT2D eigenvalue weighted by Gasteiger charge is 2.30. The summed E-state index contributed by atoms with van der Waals surface area (Å²) < 4.78 is 14.1. The van der Waals surface area contributed by atoms with Crippen LogP contribution in [0.5, 0.6) is 0 Å². The van der Waals surface area contributed by atoms with Gasteiger partial charge < -0.3 is 10.2 Å². The molecule has 1 aromatic rings. The molecule has 1 aromatic carbocycles. The van der Waals surface area contributed by atoms with E-state index >= 15 is 0 Å². The van der Waals surface area contributed by atoms with Crippen LogP contribution in [0.25, 0.3) is 0 Å². The number of rotatable bonds is 3. The first-order valence-corrected chi connectivity index (χ1v) is 7.78. The van der Waals surface area contributed by atoms with E-state index in [0.29, 0.717) is 18.2 Å². The molecule has 2 amide bonds. The molecule has 0 saturated carbocycles. The van der Waals surface area contributed by atoms with Crippen LogP contribution in [0.2, 0.25) is 0 Å². The Bertz CT molecular complexity index is 572. The van der Waals surface area contributed by atoms with Crippen molar-refractivity contribution in [3.05, 3.63) is 29.6 Å². The van der Waals surface area contributed by atoms with E-state index in [4.69, 9.17) is 0 Å². The third kappa shape index (κ3) is 3.64. The number of benzene rings is 1. The lowest BCUT2D eigenvalue weighted by Crippen LogP contribution is -2.46. The van der Waals surface area contributed by atoms with Crippen molar-refractivity contribution in [3.63, 3.8) is 0 Å². The van der Waals surface area contributed by atoms with Crippen LogP contribution < -0.4 is 5.32 Å². The minimum atomic E-state index is -0.549. The van der Waals surface area contributed by atoms with Crippen molar-refractivity contribution >= 4 is 17.5 Å². The molecule has 0 unspecified atom stereocenters. The van der Waals surface area contributed by atoms with Gasteiger partial charge in [0.25, 0.3) is 5.91 Å². The molecule has 1 saturated heterocycles. The smallest absolute Gasteiger partial charge is 0.257 e. The molecule has 1 atom stereocenters. The summed E-state index contributed by atoms with van der Waals surface area (Å²) in [4.78, 5) is 25.7. The summed E-state index contributed by atoms with van der Waals surface area (Å²) in [6, 6.07) is 4.26. The van der Waals surface area contributed by atoms with Crippen molar-refractivity contribution in [3.8, 4) is 0 Å². The van der Waals surface area contributed by atoms with Gasteiger partial charge in [-0.25, -0.2) is 4.39 Å². The van der Waals surface area contributed by atoms with Gasteiger partial charge in [0.1, 0.15) is 5.82 Å². The van der Waals surface area contributed by atoms with Crippen LogP contribution in [0.1, 0.15) is 50.4 Å². The first-order valence-electron chi connectivity index (χ1n) is 7.78. The van der Waals surface area contributed by atoms with Gasteiger partial charge in [0, 0.05) is 25.2 Å². The first kappa shape index (κ1) is 16.5. The molecule has 1 heterocycles. The van der Waals surface area contributed by atoms with Crippen LogP contribution in [-0.4, -0.2) is 29.3 Å². The van der Waals surface area contributed by atoms with Gasteiger partial charge >= 0.3 is 0 Å². The molecule has 1 fully saturated rings. The van der Waals surface area contributed by atoms with Gasteiger partial charge in [0.05, 0.1) is 5.56 Å². The van der Waals surface area contributed by atoms with Crippen molar-refractivity contribution < 1.29 is 14.0 Å². The number of carbonyl (C=O) groups is 2. The lowest BCUT2D eigenvalue weighted by molar-refractivity contribution is -0.114. The largest absolute Gasteiger partial charge is 0.335 e. The van der Waals surface area contributed by atoms with Crippen LogP contribution in [0.3, 0.4) is 0 Å². The normalized spacial score (nSPS) is 18.4. The lowest BCUT2D eigenvalue weighted by atomic mass is 9.92. The highest BCUT2D eigenvalue weighted by atomic mass is 19.1. The van der Waals surface area contributed by atoms with E-state index in [9.17, 15) is 14.0 Å². The summed E-state index contributed by atoms with van der Waals surface area (Å²) in [5.74, 6) is -0.746. The third-order valence-corrected chi connectivity index (χ3v) is 4.10. The fourth-order valence-electron chi connectivity index (χ4n) is 3.03. The number of carbonyl (C=O) groups excluding carboxylic acids is 2. The minimum absolute atomic E-state index is 0.0267. The van der Waals surface area contributed by atoms with Gasteiger partial charge in [-0.2, -0.15) is 0 Å². The molecule has 1 aliphatic heterocycles. The number of piperidine rings is 1. The van der Waals surface area contributed by atoms with E-state index in [1.807, 2.05) is 0 Å². The lowest BCUT2D eigenvalue weighted by Gasteiger charge is -2.38. The zero-order valence-electron chi connectivity index (χ0n) is 13.4. The van der Waals surface area contributed by atoms with Crippen LogP contribution in [0, 0.1) is 11.7 Å². The van der Waals surface area contributed by atoms with E-state index in [0.717, 1.165) is 19.3 Å². The van der Waals surface area contributed by atoms with E-state index < -0.39 is 5.82 Å². The predicted octanol–water partition coefficient (Wildman–Crippen LogP) is 3.43. The molecule has 0 aromatic heterocycles. The van der Waals surface area contributed by atoms with E-state index in [-0.39, 0.29) is 23.4 Å². The Balaban J connectivity index is 2.29. The molecule has 5 heteroatoms. The average molecular weight is 306 g/mol. The van der Waals surface area contributed by atoms with E-state index in [1.165, 1.54) is 25.1 Å². The highest BCUT2D eigenvalue weighted by molar-refractivity contribution is 5.97. The van der Waals surface area contributed by atoms with Gasteiger partial charge in [0.2, 0.25) is 5.91 Å². The summed E-state index contributed by atoms with van der Waals surface area (Å²) >= 11 is 0. The Morgan fingerprint density at radius 3 is 2.68 bits per heavy atom. The fourth-order valence-corrected chi connectivity index (χ4v) is 3.03. The molecular formula is C17H23FN2O2. The quantitative estimate of drug-likeness (QED) is 0.930. The number of nitrogens with zero attached hydrogens (tertiary/aromatic N) is 1. The summed E-state index contributed by atoms with van der Waals surface area (Å²) in [7, 11) is 0. The van der Waals surface area contributed by atoms with Gasteiger partial charge in [-0.05, 0) is 43.4 Å². The minimum Gasteiger partial charge on any atom is -0.335 e. The summed E-state index contributed by atoms with van der Waals surface area (Å²) in [5.41, 5.74) is 0.467. The highest BCUT2D eigenvalue weighted by Crippen LogP contribution is 2.26. The molecule has 1 aliphatic rings. The molecule has 0 spiro atoms. The maximum absolute atomic E-state index is 14.1. The SMILES string of the molecule is CC(=O)Nc1ccc(F)c(C(=O)N2CCCC[C@H]2C(C)C)c1. The number of halogens is 1. The van der Waals surface area contributed by atoms with E-state index in [1.54, 1.807) is 4.90 Å². The Hall–Kier alpha value is -1.91. The molecule has 2 rings (SSSR count). The average Bonchev–Trinajstić information content (AvgIpc) is 2.48. The van der Waals surface area contributed by atoms with Crippen molar-refractivity contribution in [1.82, 2.24) is 4.90 Å². The number of hydrogen-bond donors (Lipinski definition) is 1. The fraction of sp³-hybridized carbons (Fsp3) is 0.529. The Labute approximate surface area is 130 Å². The molecule has 4 nitrogen and oxygen atoms in total. The molecule has 120 valence electrons. The van der Waals surface area contributed by atoms with Crippen molar-refractivity contribution in [2.24, 2.45) is 5.92 Å². The number of anilines is 1. The summed E-state index contributed by atoms with van der Waals surface area (Å²) in [6.45, 7) is 6.20. The number of hydrogen-bond acceptors (Lipinski definition) is 2. The first-order chi connectivity index (χ1) is 10.4. The van der Waals surface area contributed by atoms with Gasteiger partial charge in [-0.1, -0.05) is 13.8 Å². The monoisotopic (exact) mass is 306 g/mol. The third-order valence-electron chi connectivity index (χ3n) is 4.10. The number of amides is 2. The van der Waals surface area contributed by atoms with Crippen LogP contribution in [-0.2, 0) is 4.79 Å². The van der Waals surface area contributed by atoms with Crippen LogP contribution >= 0.6 is 0 Å². The molecule has 0 aliphatic carbocycles. The van der Waals surface area contributed by atoms with Gasteiger partial charge in [-0.3, -0.25) is 9.59 Å². The van der Waals surface area contributed by atoms with Crippen molar-refractivity contribution in [2.75, 3.05) is 11.9 Å². The zero-order valence-corrected chi connectivity index (χ0v) is 13.4. The standard InChI is InChI=1S/C17H23FN2O2/c1-11(2)16-6-4-5-9-20(16)17(22)14-10-13(19-12(3)21)7-8-15(14)18/h7-8,10-11,16H,4-6,9H2,1-3H3,(H,19,21)/t16-/m0/s1. The van der Waals surface area contributed by atoms with Gasteiger partial charge in [-0.15, -0.1) is 0 Å². The molecule has 0 radical (unpaired) electrons. The van der Waals surface area contributed by atoms with Crippen molar-refractivity contribution in [1.29, 1.82) is 0 Å². The molecular weight excluding hydrogens is 283 g/mol. The predicted molar refractivity (Wildman–Crippen MR) is 84.2 cm³/mol. The molecule has 1 N–H and O–H groups in total. The maximum Gasteiger partial charge on any atom is 0.257 e. The Kier molecular flexibility index (Phi) is 5.16. The second kappa shape index (κ2) is 6.90. The summed E-state index contributed by atoms with van der Waals surface area (Å²) in [5, 5.41) is 2.59. The van der Waals surface area contributed by atoms with E-state index in [2.05, 4.69) is 19.2 Å². The Morgan fingerprint density at radius 1 is 1.32 bits per heavy atom. The topological polar surface area (TPSA) is 49.4 Å². The van der Waals surface area contributed by atoms with Crippen LogP contribution in [0.15, 0.2) is 18.2 Å². The maximum atomic E-state index is 14.1. The number of nitrogens with one attached hydrogen (secondary N) is 1. The number of likely N-dealkylation sites (tertiary alicyclic amines) is 1. The second-order valence-corrected chi connectivity index (χ2v) is 6.18. The van der Waals surface area contributed by atoms with Crippen LogP contribution in [0.4, 0.5) is 10.1 Å². The van der Waals surface area contributed by atoms with Crippen molar-refractivity contribution in [2.45, 2.75) is 46.1 Å². The molecule has 0 bridgehead atoms. The molecule has 22 heavy (non-hydrogen) atoms. The zero-order chi connectivity index (χ0) is 16.3. The summed E-state index contributed by atoms with van der Waals surface area (Å²) in [6.07, 6.45) is 3.00. The van der Waals surface area contributed by atoms with Gasteiger partial charge in [0.15, 0.2) is 0 Å².